The Morgan fingerprint density at radius 2 is 2.29 bits per heavy atom. The summed E-state index contributed by atoms with van der Waals surface area (Å²) in [6.07, 6.45) is 1.62. The van der Waals surface area contributed by atoms with Crippen molar-refractivity contribution in [3.63, 3.8) is 0 Å². The molecule has 8 nitrogen and oxygen atoms in total. The molecule has 0 amide bonds. The van der Waals surface area contributed by atoms with E-state index in [1.807, 2.05) is 36.6 Å². The van der Waals surface area contributed by atoms with Crippen molar-refractivity contribution in [3.8, 4) is 10.7 Å². The van der Waals surface area contributed by atoms with Crippen LogP contribution in [0.15, 0.2) is 50.0 Å². The number of furan rings is 1. The van der Waals surface area contributed by atoms with E-state index in [0.29, 0.717) is 23.4 Å². The molecule has 0 radical (unpaired) electrons. The fourth-order valence-corrected chi connectivity index (χ4v) is 3.51. The van der Waals surface area contributed by atoms with Crippen molar-refractivity contribution < 1.29 is 8.94 Å². The first-order chi connectivity index (χ1) is 11.8. The van der Waals surface area contributed by atoms with Crippen molar-refractivity contribution in [1.82, 2.24) is 30.3 Å². The molecule has 0 aliphatic heterocycles. The van der Waals surface area contributed by atoms with Gasteiger partial charge in [-0.1, -0.05) is 23.0 Å². The fourth-order valence-electron chi connectivity index (χ4n) is 2.04. The van der Waals surface area contributed by atoms with Crippen molar-refractivity contribution in [1.29, 1.82) is 0 Å². The van der Waals surface area contributed by atoms with E-state index in [1.54, 1.807) is 22.3 Å². The lowest BCUT2D eigenvalue weighted by atomic mass is 10.4. The Morgan fingerprint density at radius 3 is 3.08 bits per heavy atom. The highest BCUT2D eigenvalue weighted by Gasteiger charge is 2.20. The molecule has 0 aliphatic carbocycles. The molecule has 0 spiro atoms. The molecule has 4 heterocycles. The SMILES string of the molecule is CC(Sc1nnnn1Cc1ccco1)c1nc(-c2cccs2)no1. The Kier molecular flexibility index (Phi) is 4.13. The molecule has 0 aromatic carbocycles. The quantitative estimate of drug-likeness (QED) is 0.483. The molecule has 1 unspecified atom stereocenters. The first-order valence-electron chi connectivity index (χ1n) is 7.12. The van der Waals surface area contributed by atoms with Gasteiger partial charge in [-0.3, -0.25) is 0 Å². The van der Waals surface area contributed by atoms with Gasteiger partial charge in [0.25, 0.3) is 0 Å². The highest BCUT2D eigenvalue weighted by atomic mass is 32.2. The van der Waals surface area contributed by atoms with Gasteiger partial charge in [0, 0.05) is 0 Å². The predicted molar refractivity (Wildman–Crippen MR) is 87.5 cm³/mol. The van der Waals surface area contributed by atoms with Crippen molar-refractivity contribution in [2.75, 3.05) is 0 Å². The number of tetrazole rings is 1. The van der Waals surface area contributed by atoms with Crippen LogP contribution in [0.4, 0.5) is 0 Å². The van der Waals surface area contributed by atoms with E-state index in [9.17, 15) is 0 Å². The largest absolute Gasteiger partial charge is 0.467 e. The molecule has 0 saturated carbocycles. The molecule has 0 saturated heterocycles. The third-order valence-electron chi connectivity index (χ3n) is 3.20. The van der Waals surface area contributed by atoms with Crippen molar-refractivity contribution in [2.45, 2.75) is 23.9 Å². The smallest absolute Gasteiger partial charge is 0.240 e. The van der Waals surface area contributed by atoms with E-state index in [-0.39, 0.29) is 5.25 Å². The lowest BCUT2D eigenvalue weighted by molar-refractivity contribution is 0.380. The maximum absolute atomic E-state index is 5.37. The molecular weight excluding hydrogens is 348 g/mol. The molecule has 4 rings (SSSR count). The number of thioether (sulfide) groups is 1. The highest BCUT2D eigenvalue weighted by molar-refractivity contribution is 7.99. The van der Waals surface area contributed by atoms with Crippen LogP contribution < -0.4 is 0 Å². The summed E-state index contributed by atoms with van der Waals surface area (Å²) in [5.74, 6) is 1.92. The molecule has 0 fully saturated rings. The number of aromatic nitrogens is 6. The molecule has 4 aromatic rings. The lowest BCUT2D eigenvalue weighted by Crippen LogP contribution is -2.04. The summed E-state index contributed by atoms with van der Waals surface area (Å²) in [4.78, 5) is 5.43. The van der Waals surface area contributed by atoms with Gasteiger partial charge >= 0.3 is 0 Å². The predicted octanol–water partition coefficient (Wildman–Crippen LogP) is 3.28. The van der Waals surface area contributed by atoms with Gasteiger partial charge in [0.15, 0.2) is 0 Å². The minimum Gasteiger partial charge on any atom is -0.467 e. The van der Waals surface area contributed by atoms with E-state index in [2.05, 4.69) is 25.7 Å². The molecule has 1 atom stereocenters. The number of thiophene rings is 1. The monoisotopic (exact) mass is 360 g/mol. The number of nitrogens with zero attached hydrogens (tertiary/aromatic N) is 6. The second kappa shape index (κ2) is 6.57. The van der Waals surface area contributed by atoms with Gasteiger partial charge in [0.1, 0.15) is 12.3 Å². The van der Waals surface area contributed by atoms with Crippen LogP contribution in [-0.2, 0) is 6.54 Å². The van der Waals surface area contributed by atoms with Crippen molar-refractivity contribution >= 4 is 23.1 Å². The van der Waals surface area contributed by atoms with Gasteiger partial charge < -0.3 is 8.94 Å². The molecule has 24 heavy (non-hydrogen) atoms. The summed E-state index contributed by atoms with van der Waals surface area (Å²) in [6, 6.07) is 7.63. The summed E-state index contributed by atoms with van der Waals surface area (Å²) in [5.41, 5.74) is 0. The molecule has 0 bridgehead atoms. The Balaban J connectivity index is 1.49. The van der Waals surface area contributed by atoms with Gasteiger partial charge in [-0.15, -0.1) is 16.4 Å². The Hall–Kier alpha value is -2.46. The van der Waals surface area contributed by atoms with Crippen LogP contribution in [0.2, 0.25) is 0 Å². The molecule has 0 aliphatic rings. The van der Waals surface area contributed by atoms with Gasteiger partial charge in [-0.05, 0) is 40.9 Å². The molecule has 10 heteroatoms. The second-order valence-corrected chi connectivity index (χ2v) is 7.15. The first kappa shape index (κ1) is 15.1. The normalized spacial score (nSPS) is 12.5. The minimum atomic E-state index is -0.0763. The standard InChI is InChI=1S/C14H12N6O2S2/c1-9(13-15-12(17-22-13)11-5-3-7-23-11)24-14-16-18-19-20(14)8-10-4-2-6-21-10/h2-7,9H,8H2,1H3. The maximum atomic E-state index is 5.37. The maximum Gasteiger partial charge on any atom is 0.240 e. The van der Waals surface area contributed by atoms with Crippen LogP contribution in [-0.4, -0.2) is 30.3 Å². The van der Waals surface area contributed by atoms with E-state index >= 15 is 0 Å². The van der Waals surface area contributed by atoms with Gasteiger partial charge in [0.2, 0.25) is 16.9 Å². The lowest BCUT2D eigenvalue weighted by Gasteiger charge is -2.05. The zero-order valence-electron chi connectivity index (χ0n) is 12.6. The summed E-state index contributed by atoms with van der Waals surface area (Å²) in [5, 5.41) is 18.4. The van der Waals surface area contributed by atoms with Crippen LogP contribution in [0.5, 0.6) is 0 Å². The molecule has 4 aromatic heterocycles. The Morgan fingerprint density at radius 1 is 1.33 bits per heavy atom. The second-order valence-electron chi connectivity index (χ2n) is 4.89. The first-order valence-corrected chi connectivity index (χ1v) is 8.88. The average molecular weight is 360 g/mol. The van der Waals surface area contributed by atoms with Crippen LogP contribution >= 0.6 is 23.1 Å². The van der Waals surface area contributed by atoms with Crippen molar-refractivity contribution in [2.24, 2.45) is 0 Å². The third-order valence-corrected chi connectivity index (χ3v) is 5.12. The number of hydrogen-bond acceptors (Lipinski definition) is 9. The van der Waals surface area contributed by atoms with Crippen LogP contribution in [0.25, 0.3) is 10.7 Å². The summed E-state index contributed by atoms with van der Waals surface area (Å²) >= 11 is 3.03. The van der Waals surface area contributed by atoms with Crippen LogP contribution in [0, 0.1) is 0 Å². The van der Waals surface area contributed by atoms with Crippen LogP contribution in [0.3, 0.4) is 0 Å². The van der Waals surface area contributed by atoms with Gasteiger partial charge in [-0.25, -0.2) is 4.68 Å². The van der Waals surface area contributed by atoms with E-state index < -0.39 is 0 Å². The molecule has 0 N–H and O–H groups in total. The number of rotatable bonds is 6. The molecular formula is C14H12N6O2S2. The highest BCUT2D eigenvalue weighted by Crippen LogP contribution is 2.33. The summed E-state index contributed by atoms with van der Waals surface area (Å²) < 4.78 is 12.4. The van der Waals surface area contributed by atoms with Gasteiger partial charge in [0.05, 0.1) is 16.4 Å². The number of hydrogen-bond donors (Lipinski definition) is 0. The van der Waals surface area contributed by atoms with Crippen molar-refractivity contribution in [3.05, 3.63) is 47.6 Å². The van der Waals surface area contributed by atoms with E-state index in [0.717, 1.165) is 10.6 Å². The zero-order valence-corrected chi connectivity index (χ0v) is 14.2. The van der Waals surface area contributed by atoms with Crippen LogP contribution in [0.1, 0.15) is 23.8 Å². The average Bonchev–Trinajstić information content (AvgIpc) is 3.37. The zero-order chi connectivity index (χ0) is 16.4. The van der Waals surface area contributed by atoms with Gasteiger partial charge in [-0.2, -0.15) is 4.98 Å². The summed E-state index contributed by atoms with van der Waals surface area (Å²) in [6.45, 7) is 2.45. The minimum absolute atomic E-state index is 0.0763. The fraction of sp³-hybridized carbons (Fsp3) is 0.214. The van der Waals surface area contributed by atoms with E-state index in [1.165, 1.54) is 11.8 Å². The van der Waals surface area contributed by atoms with E-state index in [4.69, 9.17) is 8.94 Å². The topological polar surface area (TPSA) is 95.7 Å². The third kappa shape index (κ3) is 3.10. The Bertz CT molecular complexity index is 900. The molecule has 122 valence electrons. The summed E-state index contributed by atoms with van der Waals surface area (Å²) in [7, 11) is 0. The Labute approximate surface area is 144 Å².